The predicted octanol–water partition coefficient (Wildman–Crippen LogP) is 3.02. The highest BCUT2D eigenvalue weighted by atomic mass is 16.7. The summed E-state index contributed by atoms with van der Waals surface area (Å²) in [7, 11) is 3.13. The fraction of sp³-hybridized carbons (Fsp3) is 0.200. The smallest absolute Gasteiger partial charge is 0.273 e. The summed E-state index contributed by atoms with van der Waals surface area (Å²) in [5, 5.41) is 6.67. The number of ether oxygens (including phenoxy) is 4. The Balaban J connectivity index is 1.47. The summed E-state index contributed by atoms with van der Waals surface area (Å²) in [4.78, 5) is 12.4. The van der Waals surface area contributed by atoms with Crippen molar-refractivity contribution in [2.75, 3.05) is 21.0 Å². The molecule has 1 amide bonds. The highest BCUT2D eigenvalue weighted by molar-refractivity contribution is 5.93. The van der Waals surface area contributed by atoms with Crippen LogP contribution >= 0.6 is 0 Å². The standard InChI is InChI=1S/C20H18N2O6/c1-24-13-4-6-16(25-2)14(8-13)18-9-15(22-28-18)20(23)21-10-12-3-5-17-19(7-12)27-11-26-17/h3-9H,10-11H2,1-2H3,(H,21,23). The second-order valence-corrected chi connectivity index (χ2v) is 6.01. The van der Waals surface area contributed by atoms with E-state index in [-0.39, 0.29) is 18.4 Å². The summed E-state index contributed by atoms with van der Waals surface area (Å²) < 4.78 is 26.5. The minimum atomic E-state index is -0.352. The molecule has 1 aliphatic heterocycles. The zero-order chi connectivity index (χ0) is 19.5. The summed E-state index contributed by atoms with van der Waals surface area (Å²) in [6.07, 6.45) is 0. The Kier molecular flexibility index (Phi) is 4.76. The van der Waals surface area contributed by atoms with Gasteiger partial charge in [-0.3, -0.25) is 4.79 Å². The van der Waals surface area contributed by atoms with Crippen molar-refractivity contribution in [2.24, 2.45) is 0 Å². The molecule has 0 unspecified atom stereocenters. The number of carbonyl (C=O) groups is 1. The molecule has 144 valence electrons. The first-order valence-electron chi connectivity index (χ1n) is 8.54. The van der Waals surface area contributed by atoms with Gasteiger partial charge in [-0.2, -0.15) is 0 Å². The van der Waals surface area contributed by atoms with Crippen molar-refractivity contribution in [2.45, 2.75) is 6.54 Å². The van der Waals surface area contributed by atoms with Crippen LogP contribution in [0.2, 0.25) is 0 Å². The monoisotopic (exact) mass is 382 g/mol. The molecule has 28 heavy (non-hydrogen) atoms. The zero-order valence-corrected chi connectivity index (χ0v) is 15.4. The van der Waals surface area contributed by atoms with Crippen LogP contribution in [0.4, 0.5) is 0 Å². The van der Waals surface area contributed by atoms with E-state index in [1.165, 1.54) is 0 Å². The van der Waals surface area contributed by atoms with Crippen molar-refractivity contribution in [3.63, 3.8) is 0 Å². The number of hydrogen-bond donors (Lipinski definition) is 1. The molecule has 0 aliphatic carbocycles. The normalized spacial score (nSPS) is 11.9. The molecule has 3 aromatic rings. The lowest BCUT2D eigenvalue weighted by molar-refractivity contribution is 0.0942. The Bertz CT molecular complexity index is 1010. The molecule has 0 saturated heterocycles. The van der Waals surface area contributed by atoms with Crippen LogP contribution in [0.1, 0.15) is 16.1 Å². The SMILES string of the molecule is COc1ccc(OC)c(-c2cc(C(=O)NCc3ccc4c(c3)OCO4)no2)c1. The molecule has 4 rings (SSSR count). The summed E-state index contributed by atoms with van der Waals surface area (Å²) in [6, 6.07) is 12.4. The van der Waals surface area contributed by atoms with Crippen molar-refractivity contribution in [1.29, 1.82) is 0 Å². The van der Waals surface area contributed by atoms with E-state index in [2.05, 4.69) is 10.5 Å². The second kappa shape index (κ2) is 7.51. The molecule has 1 aliphatic rings. The number of carbonyl (C=O) groups excluding carboxylic acids is 1. The van der Waals surface area contributed by atoms with Crippen LogP contribution in [0, 0.1) is 0 Å². The number of rotatable bonds is 6. The van der Waals surface area contributed by atoms with E-state index >= 15 is 0 Å². The lowest BCUT2D eigenvalue weighted by Crippen LogP contribution is -2.22. The van der Waals surface area contributed by atoms with Crippen LogP contribution in [0.5, 0.6) is 23.0 Å². The molecular weight excluding hydrogens is 364 g/mol. The van der Waals surface area contributed by atoms with Crippen LogP contribution in [0.25, 0.3) is 11.3 Å². The first kappa shape index (κ1) is 17.7. The number of benzene rings is 2. The Labute approximate surface area is 160 Å². The van der Waals surface area contributed by atoms with Crippen LogP contribution < -0.4 is 24.3 Å². The number of aromatic nitrogens is 1. The first-order chi connectivity index (χ1) is 13.7. The Hall–Kier alpha value is -3.68. The van der Waals surface area contributed by atoms with Gasteiger partial charge in [-0.25, -0.2) is 0 Å². The van der Waals surface area contributed by atoms with E-state index in [4.69, 9.17) is 23.5 Å². The quantitative estimate of drug-likeness (QED) is 0.700. The third-order valence-electron chi connectivity index (χ3n) is 4.30. The van der Waals surface area contributed by atoms with Crippen molar-refractivity contribution in [3.8, 4) is 34.3 Å². The predicted molar refractivity (Wildman–Crippen MR) is 98.8 cm³/mol. The Morgan fingerprint density at radius 3 is 2.75 bits per heavy atom. The molecule has 0 radical (unpaired) electrons. The summed E-state index contributed by atoms with van der Waals surface area (Å²) in [5.41, 5.74) is 1.69. The average Bonchev–Trinajstić information content (AvgIpc) is 3.40. The molecule has 0 bridgehead atoms. The van der Waals surface area contributed by atoms with E-state index in [0.717, 1.165) is 5.56 Å². The maximum absolute atomic E-state index is 12.4. The number of fused-ring (bicyclic) bond motifs is 1. The van der Waals surface area contributed by atoms with E-state index in [9.17, 15) is 4.79 Å². The van der Waals surface area contributed by atoms with Crippen LogP contribution in [0.15, 0.2) is 47.0 Å². The number of hydrogen-bond acceptors (Lipinski definition) is 7. The number of methoxy groups -OCH3 is 2. The van der Waals surface area contributed by atoms with Gasteiger partial charge in [0, 0.05) is 12.6 Å². The molecule has 8 nitrogen and oxygen atoms in total. The minimum Gasteiger partial charge on any atom is -0.497 e. The van der Waals surface area contributed by atoms with E-state index in [1.807, 2.05) is 18.2 Å². The van der Waals surface area contributed by atoms with Gasteiger partial charge in [0.1, 0.15) is 11.5 Å². The van der Waals surface area contributed by atoms with Crippen molar-refractivity contribution in [1.82, 2.24) is 10.5 Å². The van der Waals surface area contributed by atoms with Gasteiger partial charge in [-0.1, -0.05) is 11.2 Å². The Morgan fingerprint density at radius 2 is 1.93 bits per heavy atom. The largest absolute Gasteiger partial charge is 0.497 e. The van der Waals surface area contributed by atoms with Gasteiger partial charge in [0.25, 0.3) is 5.91 Å². The maximum Gasteiger partial charge on any atom is 0.273 e. The van der Waals surface area contributed by atoms with Gasteiger partial charge in [0.05, 0.1) is 19.8 Å². The summed E-state index contributed by atoms with van der Waals surface area (Å²) in [6.45, 7) is 0.529. The highest BCUT2D eigenvalue weighted by Gasteiger charge is 2.18. The molecule has 8 heteroatoms. The van der Waals surface area contributed by atoms with Gasteiger partial charge in [0.15, 0.2) is 23.0 Å². The van der Waals surface area contributed by atoms with Gasteiger partial charge < -0.3 is 28.8 Å². The highest BCUT2D eigenvalue weighted by Crippen LogP contribution is 2.34. The van der Waals surface area contributed by atoms with Crippen LogP contribution in [-0.2, 0) is 6.54 Å². The lowest BCUT2D eigenvalue weighted by atomic mass is 10.1. The van der Waals surface area contributed by atoms with Crippen molar-refractivity contribution in [3.05, 3.63) is 53.7 Å². The molecule has 0 fully saturated rings. The molecule has 2 aromatic carbocycles. The second-order valence-electron chi connectivity index (χ2n) is 6.01. The first-order valence-corrected chi connectivity index (χ1v) is 8.54. The van der Waals surface area contributed by atoms with Gasteiger partial charge in [-0.15, -0.1) is 0 Å². The third kappa shape index (κ3) is 3.44. The molecular formula is C20H18N2O6. The molecule has 0 spiro atoms. The maximum atomic E-state index is 12.4. The number of amides is 1. The van der Waals surface area contributed by atoms with Crippen molar-refractivity contribution < 1.29 is 28.3 Å². The van der Waals surface area contributed by atoms with E-state index < -0.39 is 0 Å². The van der Waals surface area contributed by atoms with Crippen LogP contribution in [0.3, 0.4) is 0 Å². The fourth-order valence-corrected chi connectivity index (χ4v) is 2.84. The van der Waals surface area contributed by atoms with Crippen LogP contribution in [-0.4, -0.2) is 32.1 Å². The van der Waals surface area contributed by atoms with E-state index in [0.29, 0.717) is 40.9 Å². The van der Waals surface area contributed by atoms with Gasteiger partial charge in [0.2, 0.25) is 6.79 Å². The molecule has 0 atom stereocenters. The van der Waals surface area contributed by atoms with Gasteiger partial charge >= 0.3 is 0 Å². The summed E-state index contributed by atoms with van der Waals surface area (Å²) in [5.74, 6) is 2.65. The van der Waals surface area contributed by atoms with E-state index in [1.54, 1.807) is 38.5 Å². The Morgan fingerprint density at radius 1 is 1.07 bits per heavy atom. The topological polar surface area (TPSA) is 92.1 Å². The summed E-state index contributed by atoms with van der Waals surface area (Å²) >= 11 is 0. The van der Waals surface area contributed by atoms with Gasteiger partial charge in [-0.05, 0) is 35.9 Å². The zero-order valence-electron chi connectivity index (χ0n) is 15.4. The number of nitrogens with one attached hydrogen (secondary N) is 1. The number of nitrogens with zero attached hydrogens (tertiary/aromatic N) is 1. The molecule has 1 aromatic heterocycles. The molecule has 0 saturated carbocycles. The third-order valence-corrected chi connectivity index (χ3v) is 4.30. The molecule has 1 N–H and O–H groups in total. The average molecular weight is 382 g/mol. The van der Waals surface area contributed by atoms with Crippen molar-refractivity contribution >= 4 is 5.91 Å². The minimum absolute atomic E-state index is 0.167. The lowest BCUT2D eigenvalue weighted by Gasteiger charge is -2.07. The molecule has 2 heterocycles. The fourth-order valence-electron chi connectivity index (χ4n) is 2.84.